The van der Waals surface area contributed by atoms with Crippen molar-refractivity contribution in [3.63, 3.8) is 0 Å². The number of thioether (sulfide) groups is 1. The van der Waals surface area contributed by atoms with Crippen molar-refractivity contribution in [3.8, 4) is 11.8 Å². The number of benzene rings is 2. The van der Waals surface area contributed by atoms with Crippen LogP contribution in [0.25, 0.3) is 5.69 Å². The zero-order chi connectivity index (χ0) is 21.6. The second-order valence-electron chi connectivity index (χ2n) is 6.47. The minimum atomic E-state index is -0.262. The molecular formula is C21H17N7OS2. The summed E-state index contributed by atoms with van der Waals surface area (Å²) in [4.78, 5) is 12.5. The Kier molecular flexibility index (Phi) is 6.26. The van der Waals surface area contributed by atoms with Gasteiger partial charge in [0.25, 0.3) is 0 Å². The van der Waals surface area contributed by atoms with E-state index >= 15 is 0 Å². The lowest BCUT2D eigenvalue weighted by atomic mass is 10.2. The van der Waals surface area contributed by atoms with Gasteiger partial charge in [-0.3, -0.25) is 4.79 Å². The van der Waals surface area contributed by atoms with Crippen molar-refractivity contribution in [2.24, 2.45) is 0 Å². The standard InChI is InChI=1S/C21H17N7OS2/c1-14-6-5-7-16(10-14)24-20-26-27-21(31-20)30-13-18(29)25-19-15(11-22)12-23-28(19)17-8-3-2-4-9-17/h2-10,12H,13H2,1H3,(H,24,26)(H,25,29). The van der Waals surface area contributed by atoms with Gasteiger partial charge in [-0.2, -0.15) is 10.4 Å². The molecule has 0 spiro atoms. The summed E-state index contributed by atoms with van der Waals surface area (Å²) in [7, 11) is 0. The molecule has 0 unspecified atom stereocenters. The maximum atomic E-state index is 12.5. The van der Waals surface area contributed by atoms with Crippen LogP contribution in [0.5, 0.6) is 0 Å². The second-order valence-corrected chi connectivity index (χ2v) is 8.67. The van der Waals surface area contributed by atoms with Gasteiger partial charge in [0.1, 0.15) is 11.6 Å². The maximum Gasteiger partial charge on any atom is 0.236 e. The lowest BCUT2D eigenvalue weighted by Crippen LogP contribution is -2.17. The Morgan fingerprint density at radius 2 is 2.03 bits per heavy atom. The topological polar surface area (TPSA) is 109 Å². The molecule has 0 saturated carbocycles. The molecule has 4 aromatic rings. The fourth-order valence-electron chi connectivity index (χ4n) is 2.78. The molecule has 154 valence electrons. The number of carbonyl (C=O) groups is 1. The molecule has 0 radical (unpaired) electrons. The molecule has 0 aliphatic rings. The van der Waals surface area contributed by atoms with E-state index < -0.39 is 0 Å². The largest absolute Gasteiger partial charge is 0.330 e. The fourth-order valence-corrected chi connectivity index (χ4v) is 4.35. The number of carbonyl (C=O) groups excluding carboxylic acids is 1. The minimum absolute atomic E-state index is 0.129. The van der Waals surface area contributed by atoms with Crippen LogP contribution in [0, 0.1) is 18.3 Å². The monoisotopic (exact) mass is 447 g/mol. The van der Waals surface area contributed by atoms with Crippen LogP contribution in [-0.4, -0.2) is 31.6 Å². The summed E-state index contributed by atoms with van der Waals surface area (Å²) in [6.45, 7) is 2.02. The van der Waals surface area contributed by atoms with Gasteiger partial charge in [-0.05, 0) is 36.8 Å². The van der Waals surface area contributed by atoms with Crippen molar-refractivity contribution < 1.29 is 4.79 Å². The zero-order valence-corrected chi connectivity index (χ0v) is 18.1. The third-order valence-corrected chi connectivity index (χ3v) is 6.12. The lowest BCUT2D eigenvalue weighted by Gasteiger charge is -2.09. The minimum Gasteiger partial charge on any atom is -0.330 e. The van der Waals surface area contributed by atoms with Gasteiger partial charge in [0.2, 0.25) is 11.0 Å². The number of hydrogen-bond donors (Lipinski definition) is 2. The van der Waals surface area contributed by atoms with Crippen molar-refractivity contribution in [1.29, 1.82) is 5.26 Å². The number of nitrogens with one attached hydrogen (secondary N) is 2. The molecule has 4 rings (SSSR count). The van der Waals surface area contributed by atoms with E-state index in [0.29, 0.717) is 20.9 Å². The number of para-hydroxylation sites is 1. The molecule has 0 saturated heterocycles. The number of anilines is 3. The van der Waals surface area contributed by atoms with Gasteiger partial charge in [-0.25, -0.2) is 4.68 Å². The van der Waals surface area contributed by atoms with Crippen LogP contribution in [-0.2, 0) is 4.79 Å². The Bertz CT molecular complexity index is 1240. The molecule has 2 N–H and O–H groups in total. The summed E-state index contributed by atoms with van der Waals surface area (Å²) in [5, 5.41) is 28.5. The molecule has 10 heteroatoms. The van der Waals surface area contributed by atoms with Crippen LogP contribution >= 0.6 is 23.1 Å². The van der Waals surface area contributed by atoms with Crippen molar-refractivity contribution in [2.75, 3.05) is 16.4 Å². The van der Waals surface area contributed by atoms with Gasteiger partial charge in [0, 0.05) is 5.69 Å². The molecule has 0 atom stereocenters. The van der Waals surface area contributed by atoms with Gasteiger partial charge in [0.05, 0.1) is 17.6 Å². The number of amides is 1. The van der Waals surface area contributed by atoms with E-state index in [4.69, 9.17) is 0 Å². The summed E-state index contributed by atoms with van der Waals surface area (Å²) in [5.74, 6) is 0.213. The summed E-state index contributed by atoms with van der Waals surface area (Å²) in [5.41, 5.74) is 3.13. The second kappa shape index (κ2) is 9.42. The highest BCUT2D eigenvalue weighted by Gasteiger charge is 2.16. The Hall–Kier alpha value is -3.68. The van der Waals surface area contributed by atoms with E-state index in [0.717, 1.165) is 16.9 Å². The zero-order valence-electron chi connectivity index (χ0n) is 16.4. The first-order valence-corrected chi connectivity index (χ1v) is 11.1. The highest BCUT2D eigenvalue weighted by molar-refractivity contribution is 8.01. The van der Waals surface area contributed by atoms with Crippen LogP contribution in [0.3, 0.4) is 0 Å². The average molecular weight is 448 g/mol. The van der Waals surface area contributed by atoms with E-state index in [9.17, 15) is 10.1 Å². The third-order valence-electron chi connectivity index (χ3n) is 4.15. The molecule has 31 heavy (non-hydrogen) atoms. The number of rotatable bonds is 7. The van der Waals surface area contributed by atoms with Gasteiger partial charge >= 0.3 is 0 Å². The normalized spacial score (nSPS) is 10.5. The number of nitriles is 1. The summed E-state index contributed by atoms with van der Waals surface area (Å²) in [6, 6.07) is 19.3. The van der Waals surface area contributed by atoms with Crippen molar-refractivity contribution in [2.45, 2.75) is 11.3 Å². The average Bonchev–Trinajstić information content (AvgIpc) is 3.39. The van der Waals surface area contributed by atoms with Gasteiger partial charge in [0.15, 0.2) is 10.2 Å². The number of nitrogens with zero attached hydrogens (tertiary/aromatic N) is 5. The summed E-state index contributed by atoms with van der Waals surface area (Å²) >= 11 is 2.65. The van der Waals surface area contributed by atoms with Crippen LogP contribution in [0.4, 0.5) is 16.6 Å². The molecule has 0 fully saturated rings. The molecule has 2 aromatic heterocycles. The molecule has 0 aliphatic heterocycles. The van der Waals surface area contributed by atoms with E-state index in [1.807, 2.05) is 61.5 Å². The van der Waals surface area contributed by atoms with Gasteiger partial charge < -0.3 is 10.6 Å². The smallest absolute Gasteiger partial charge is 0.236 e. The predicted octanol–water partition coefficient (Wildman–Crippen LogP) is 4.38. The molecule has 0 aliphatic carbocycles. The molecule has 2 heterocycles. The maximum absolute atomic E-state index is 12.5. The van der Waals surface area contributed by atoms with E-state index in [1.54, 1.807) is 0 Å². The van der Waals surface area contributed by atoms with E-state index in [-0.39, 0.29) is 11.7 Å². The SMILES string of the molecule is Cc1cccc(Nc2nnc(SCC(=O)Nc3c(C#N)cnn3-c3ccccc3)s2)c1. The van der Waals surface area contributed by atoms with Crippen LogP contribution in [0.15, 0.2) is 65.1 Å². The Morgan fingerprint density at radius 3 is 2.81 bits per heavy atom. The third kappa shape index (κ3) is 5.09. The molecule has 2 aromatic carbocycles. The van der Waals surface area contributed by atoms with Crippen LogP contribution in [0.1, 0.15) is 11.1 Å². The molecule has 8 nitrogen and oxygen atoms in total. The summed E-state index contributed by atoms with van der Waals surface area (Å²) < 4.78 is 2.21. The lowest BCUT2D eigenvalue weighted by molar-refractivity contribution is -0.113. The van der Waals surface area contributed by atoms with Crippen LogP contribution in [0.2, 0.25) is 0 Å². The van der Waals surface area contributed by atoms with Crippen molar-refractivity contribution in [3.05, 3.63) is 71.9 Å². The quantitative estimate of drug-likeness (QED) is 0.405. The fraction of sp³-hybridized carbons (Fsp3) is 0.0952. The molecular weight excluding hydrogens is 430 g/mol. The van der Waals surface area contributed by atoms with Crippen molar-refractivity contribution >= 4 is 45.6 Å². The Balaban J connectivity index is 1.39. The van der Waals surface area contributed by atoms with Crippen LogP contribution < -0.4 is 10.6 Å². The highest BCUT2D eigenvalue weighted by atomic mass is 32.2. The van der Waals surface area contributed by atoms with Gasteiger partial charge in [-0.1, -0.05) is 53.4 Å². The molecule has 1 amide bonds. The predicted molar refractivity (Wildman–Crippen MR) is 122 cm³/mol. The Labute approximate surface area is 186 Å². The summed E-state index contributed by atoms with van der Waals surface area (Å²) in [6.07, 6.45) is 1.43. The number of aryl methyl sites for hydroxylation is 1. The first kappa shape index (κ1) is 20.6. The van der Waals surface area contributed by atoms with E-state index in [2.05, 4.69) is 32.0 Å². The number of hydrogen-bond acceptors (Lipinski definition) is 8. The van der Waals surface area contributed by atoms with E-state index in [1.165, 1.54) is 34.0 Å². The first-order valence-electron chi connectivity index (χ1n) is 9.26. The van der Waals surface area contributed by atoms with Crippen molar-refractivity contribution in [1.82, 2.24) is 20.0 Å². The highest BCUT2D eigenvalue weighted by Crippen LogP contribution is 2.28. The first-order chi connectivity index (χ1) is 15.1. The number of aromatic nitrogens is 4. The van der Waals surface area contributed by atoms with Gasteiger partial charge in [-0.15, -0.1) is 10.2 Å². The Morgan fingerprint density at radius 1 is 1.19 bits per heavy atom. The molecule has 0 bridgehead atoms.